The van der Waals surface area contributed by atoms with Crippen molar-refractivity contribution < 1.29 is 9.18 Å². The molecule has 1 saturated heterocycles. The van der Waals surface area contributed by atoms with Crippen LogP contribution in [0.3, 0.4) is 0 Å². The first-order chi connectivity index (χ1) is 16.7. The average Bonchev–Trinajstić information content (AvgIpc) is 3.39. The molecule has 7 nitrogen and oxygen atoms in total. The zero-order valence-electron chi connectivity index (χ0n) is 18.3. The Kier molecular flexibility index (Phi) is 4.91. The highest BCUT2D eigenvalue weighted by atomic mass is 19.1. The van der Waals surface area contributed by atoms with Crippen LogP contribution in [-0.4, -0.2) is 51.5 Å². The summed E-state index contributed by atoms with van der Waals surface area (Å²) in [7, 11) is 0. The van der Waals surface area contributed by atoms with E-state index in [1.807, 2.05) is 59.0 Å². The lowest BCUT2D eigenvalue weighted by Gasteiger charge is -2.36. The van der Waals surface area contributed by atoms with Crippen molar-refractivity contribution in [1.29, 1.82) is 0 Å². The molecule has 0 atom stereocenters. The summed E-state index contributed by atoms with van der Waals surface area (Å²) in [6.45, 7) is 2.71. The third-order valence-corrected chi connectivity index (χ3v) is 6.28. The van der Waals surface area contributed by atoms with Crippen LogP contribution in [-0.2, 0) is 0 Å². The summed E-state index contributed by atoms with van der Waals surface area (Å²) < 4.78 is 16.1. The summed E-state index contributed by atoms with van der Waals surface area (Å²) in [5.41, 5.74) is 4.01. The van der Waals surface area contributed by atoms with Crippen molar-refractivity contribution >= 4 is 34.0 Å². The molecule has 0 radical (unpaired) electrons. The van der Waals surface area contributed by atoms with Gasteiger partial charge in [0.05, 0.1) is 16.7 Å². The normalized spacial score (nSPS) is 14.1. The Hall–Kier alpha value is -4.33. The van der Waals surface area contributed by atoms with E-state index in [2.05, 4.69) is 20.0 Å². The Morgan fingerprint density at radius 2 is 1.56 bits per heavy atom. The predicted octanol–water partition coefficient (Wildman–Crippen LogP) is 3.97. The van der Waals surface area contributed by atoms with Gasteiger partial charge in [0.25, 0.3) is 0 Å². The molecule has 34 heavy (non-hydrogen) atoms. The second kappa shape index (κ2) is 8.22. The molecule has 0 spiro atoms. The SMILES string of the molecule is O=C(c1ccccc1)c1ccc2nc(N3CCN(c4ccccc4F)CC3)c3nncn3c2c1. The van der Waals surface area contributed by atoms with Crippen LogP contribution >= 0.6 is 0 Å². The number of carbonyl (C=O) groups is 1. The van der Waals surface area contributed by atoms with Gasteiger partial charge in [-0.15, -0.1) is 10.2 Å². The van der Waals surface area contributed by atoms with Crippen LogP contribution < -0.4 is 9.80 Å². The van der Waals surface area contributed by atoms with E-state index >= 15 is 0 Å². The standard InChI is InChI=1S/C26H21FN6O/c27-20-8-4-5-9-22(20)31-12-14-32(15-13-31)25-26-30-28-17-33(26)23-16-19(10-11-21(23)29-25)24(34)18-6-2-1-3-7-18/h1-11,16-17H,12-15H2. The molecule has 5 aromatic rings. The first-order valence-corrected chi connectivity index (χ1v) is 11.2. The van der Waals surface area contributed by atoms with Crippen molar-refractivity contribution in [2.75, 3.05) is 36.0 Å². The van der Waals surface area contributed by atoms with Gasteiger partial charge >= 0.3 is 0 Å². The third-order valence-electron chi connectivity index (χ3n) is 6.28. The van der Waals surface area contributed by atoms with Gasteiger partial charge in [0, 0.05) is 37.3 Å². The first-order valence-electron chi connectivity index (χ1n) is 11.2. The van der Waals surface area contributed by atoms with Gasteiger partial charge in [-0.2, -0.15) is 0 Å². The summed E-state index contributed by atoms with van der Waals surface area (Å²) >= 11 is 0. The zero-order valence-corrected chi connectivity index (χ0v) is 18.3. The number of ketones is 1. The summed E-state index contributed by atoms with van der Waals surface area (Å²) in [6, 6.07) is 21.6. The summed E-state index contributed by atoms with van der Waals surface area (Å²) in [4.78, 5) is 22.0. The van der Waals surface area contributed by atoms with Crippen molar-refractivity contribution in [3.63, 3.8) is 0 Å². The fourth-order valence-corrected chi connectivity index (χ4v) is 4.52. The van der Waals surface area contributed by atoms with Gasteiger partial charge < -0.3 is 9.80 Å². The lowest BCUT2D eigenvalue weighted by atomic mass is 10.0. The number of anilines is 2. The number of rotatable bonds is 4. The van der Waals surface area contributed by atoms with Gasteiger partial charge in [0.1, 0.15) is 12.1 Å². The maximum atomic E-state index is 14.2. The van der Waals surface area contributed by atoms with Crippen molar-refractivity contribution in [3.8, 4) is 0 Å². The minimum atomic E-state index is -0.208. The van der Waals surface area contributed by atoms with Crippen molar-refractivity contribution in [2.45, 2.75) is 0 Å². The molecule has 3 aromatic carbocycles. The van der Waals surface area contributed by atoms with Gasteiger partial charge in [-0.3, -0.25) is 9.20 Å². The molecular formula is C26H21FN6O. The third kappa shape index (κ3) is 3.44. The summed E-state index contributed by atoms with van der Waals surface area (Å²) in [6.07, 6.45) is 1.65. The van der Waals surface area contributed by atoms with Crippen LogP contribution in [0.1, 0.15) is 15.9 Å². The maximum absolute atomic E-state index is 14.2. The number of benzene rings is 3. The molecule has 1 aliphatic rings. The molecule has 3 heterocycles. The molecule has 0 bridgehead atoms. The molecule has 6 rings (SSSR count). The second-order valence-electron chi connectivity index (χ2n) is 8.28. The monoisotopic (exact) mass is 452 g/mol. The average molecular weight is 452 g/mol. The molecule has 2 aromatic heterocycles. The van der Waals surface area contributed by atoms with Gasteiger partial charge in [0.2, 0.25) is 5.65 Å². The van der Waals surface area contributed by atoms with E-state index in [9.17, 15) is 9.18 Å². The summed E-state index contributed by atoms with van der Waals surface area (Å²) in [5, 5.41) is 8.43. The molecular weight excluding hydrogens is 431 g/mol. The Bertz CT molecular complexity index is 1510. The van der Waals surface area contributed by atoms with Crippen molar-refractivity contribution in [3.05, 3.63) is 96.1 Å². The highest BCUT2D eigenvalue weighted by molar-refractivity contribution is 6.10. The molecule has 0 unspecified atom stereocenters. The second-order valence-corrected chi connectivity index (χ2v) is 8.28. The van der Waals surface area contributed by atoms with Crippen LogP contribution in [0.5, 0.6) is 0 Å². The Morgan fingerprint density at radius 3 is 2.35 bits per heavy atom. The quantitative estimate of drug-likeness (QED) is 0.385. The van der Waals surface area contributed by atoms with Crippen LogP contribution in [0.25, 0.3) is 16.7 Å². The minimum Gasteiger partial charge on any atom is -0.366 e. The maximum Gasteiger partial charge on any atom is 0.204 e. The Labute approximate surface area is 195 Å². The number of fused-ring (bicyclic) bond motifs is 3. The zero-order chi connectivity index (χ0) is 23.1. The van der Waals surface area contributed by atoms with E-state index in [1.165, 1.54) is 6.07 Å². The number of hydrogen-bond acceptors (Lipinski definition) is 6. The molecule has 8 heteroatoms. The van der Waals surface area contributed by atoms with E-state index in [-0.39, 0.29) is 11.6 Å². The smallest absolute Gasteiger partial charge is 0.204 e. The van der Waals surface area contributed by atoms with Crippen LogP contribution in [0.15, 0.2) is 79.1 Å². The Morgan fingerprint density at radius 1 is 0.824 bits per heavy atom. The lowest BCUT2D eigenvalue weighted by molar-refractivity contribution is 0.103. The largest absolute Gasteiger partial charge is 0.366 e. The number of carbonyl (C=O) groups excluding carboxylic acids is 1. The van der Waals surface area contributed by atoms with Crippen LogP contribution in [0, 0.1) is 5.82 Å². The fourth-order valence-electron chi connectivity index (χ4n) is 4.52. The van der Waals surface area contributed by atoms with Gasteiger partial charge in [-0.05, 0) is 30.3 Å². The van der Waals surface area contributed by atoms with Gasteiger partial charge in [-0.25, -0.2) is 9.37 Å². The van der Waals surface area contributed by atoms with E-state index in [0.717, 1.165) is 16.9 Å². The van der Waals surface area contributed by atoms with Crippen molar-refractivity contribution in [2.24, 2.45) is 0 Å². The molecule has 168 valence electrons. The molecule has 1 aliphatic heterocycles. The topological polar surface area (TPSA) is 66.6 Å². The number of halogens is 1. The highest BCUT2D eigenvalue weighted by Gasteiger charge is 2.24. The number of aromatic nitrogens is 4. The molecule has 0 amide bonds. The molecule has 0 N–H and O–H groups in total. The number of nitrogens with zero attached hydrogens (tertiary/aromatic N) is 6. The van der Waals surface area contributed by atoms with E-state index in [1.54, 1.807) is 18.5 Å². The number of hydrogen-bond donors (Lipinski definition) is 0. The predicted molar refractivity (Wildman–Crippen MR) is 129 cm³/mol. The van der Waals surface area contributed by atoms with E-state index < -0.39 is 0 Å². The van der Waals surface area contributed by atoms with Crippen LogP contribution in [0.4, 0.5) is 15.9 Å². The fraction of sp³-hybridized carbons (Fsp3) is 0.154. The number of para-hydroxylation sites is 1. The lowest BCUT2D eigenvalue weighted by Crippen LogP contribution is -2.47. The molecule has 1 fully saturated rings. The minimum absolute atomic E-state index is 0.0444. The molecule has 0 saturated carbocycles. The van der Waals surface area contributed by atoms with E-state index in [4.69, 9.17) is 4.98 Å². The highest BCUT2D eigenvalue weighted by Crippen LogP contribution is 2.27. The van der Waals surface area contributed by atoms with E-state index in [0.29, 0.717) is 48.6 Å². The van der Waals surface area contributed by atoms with Crippen LogP contribution in [0.2, 0.25) is 0 Å². The number of piperazine rings is 1. The first kappa shape index (κ1) is 20.3. The van der Waals surface area contributed by atoms with Gasteiger partial charge in [-0.1, -0.05) is 42.5 Å². The summed E-state index contributed by atoms with van der Waals surface area (Å²) in [5.74, 6) is 0.484. The van der Waals surface area contributed by atoms with Crippen molar-refractivity contribution in [1.82, 2.24) is 19.6 Å². The molecule has 0 aliphatic carbocycles. The van der Waals surface area contributed by atoms with Gasteiger partial charge in [0.15, 0.2) is 11.6 Å². The Balaban J connectivity index is 1.33.